The number of likely N-dealkylation sites (N-methyl/N-ethyl adjacent to an activating group) is 1. The number of halogens is 2. The van der Waals surface area contributed by atoms with Crippen molar-refractivity contribution in [2.45, 2.75) is 0 Å². The number of ether oxygens (including phenoxy) is 1. The molecule has 1 heterocycles. The highest BCUT2D eigenvalue weighted by molar-refractivity contribution is 6.35. The maximum Gasteiger partial charge on any atom is 0.260 e. The highest BCUT2D eigenvalue weighted by Crippen LogP contribution is 2.27. The first kappa shape index (κ1) is 18.3. The van der Waals surface area contributed by atoms with Gasteiger partial charge in [0.05, 0.1) is 5.02 Å². The van der Waals surface area contributed by atoms with Crippen LogP contribution in [0, 0.1) is 0 Å². The third-order valence-electron chi connectivity index (χ3n) is 3.83. The maximum absolute atomic E-state index is 12.2. The summed E-state index contributed by atoms with van der Waals surface area (Å²) in [5.41, 5.74) is 0. The summed E-state index contributed by atoms with van der Waals surface area (Å²) in [7, 11) is 4.14. The van der Waals surface area contributed by atoms with Crippen molar-refractivity contribution in [3.8, 4) is 5.75 Å². The zero-order chi connectivity index (χ0) is 16.8. The standard InChI is InChI=1S/C16H23Cl2N3O2/c1-19(2)5-6-20-7-9-21(10-8-20)16(22)12-23-15-4-3-13(17)11-14(15)18/h3-4,11H,5-10,12H2,1-2H3. The van der Waals surface area contributed by atoms with Gasteiger partial charge in [0, 0.05) is 44.3 Å². The van der Waals surface area contributed by atoms with Gasteiger partial charge in [-0.2, -0.15) is 0 Å². The SMILES string of the molecule is CN(C)CCN1CCN(C(=O)COc2ccc(Cl)cc2Cl)CC1. The number of hydrogen-bond acceptors (Lipinski definition) is 4. The summed E-state index contributed by atoms with van der Waals surface area (Å²) < 4.78 is 5.51. The molecule has 0 aromatic heterocycles. The Morgan fingerprint density at radius 3 is 2.52 bits per heavy atom. The monoisotopic (exact) mass is 359 g/mol. The number of piperazine rings is 1. The number of carbonyl (C=O) groups excluding carboxylic acids is 1. The molecule has 7 heteroatoms. The van der Waals surface area contributed by atoms with E-state index >= 15 is 0 Å². The Morgan fingerprint density at radius 1 is 1.22 bits per heavy atom. The fraction of sp³-hybridized carbons (Fsp3) is 0.562. The van der Waals surface area contributed by atoms with Gasteiger partial charge in [-0.15, -0.1) is 0 Å². The molecule has 128 valence electrons. The fourth-order valence-corrected chi connectivity index (χ4v) is 2.85. The second kappa shape index (κ2) is 8.73. The molecule has 5 nitrogen and oxygen atoms in total. The maximum atomic E-state index is 12.2. The van der Waals surface area contributed by atoms with E-state index < -0.39 is 0 Å². The van der Waals surface area contributed by atoms with Gasteiger partial charge in [0.2, 0.25) is 0 Å². The van der Waals surface area contributed by atoms with Crippen LogP contribution >= 0.6 is 23.2 Å². The van der Waals surface area contributed by atoms with Gasteiger partial charge in [-0.1, -0.05) is 23.2 Å². The number of carbonyl (C=O) groups is 1. The third-order valence-corrected chi connectivity index (χ3v) is 4.36. The molecule has 1 aliphatic rings. The summed E-state index contributed by atoms with van der Waals surface area (Å²) in [5, 5.41) is 0.960. The minimum Gasteiger partial charge on any atom is -0.482 e. The molecule has 1 fully saturated rings. The lowest BCUT2D eigenvalue weighted by Crippen LogP contribution is -2.51. The first-order chi connectivity index (χ1) is 11.0. The molecule has 0 aliphatic carbocycles. The van der Waals surface area contributed by atoms with E-state index in [2.05, 4.69) is 23.9 Å². The van der Waals surface area contributed by atoms with Gasteiger partial charge in [0.1, 0.15) is 5.75 Å². The molecular weight excluding hydrogens is 337 g/mol. The molecule has 1 aliphatic heterocycles. The van der Waals surface area contributed by atoms with Crippen LogP contribution in [0.3, 0.4) is 0 Å². The smallest absolute Gasteiger partial charge is 0.260 e. The zero-order valence-corrected chi connectivity index (χ0v) is 15.1. The largest absolute Gasteiger partial charge is 0.482 e. The molecule has 1 aromatic rings. The summed E-state index contributed by atoms with van der Waals surface area (Å²) in [5.74, 6) is 0.470. The Morgan fingerprint density at radius 2 is 1.91 bits per heavy atom. The number of hydrogen-bond donors (Lipinski definition) is 0. The van der Waals surface area contributed by atoms with E-state index in [0.717, 1.165) is 39.3 Å². The highest BCUT2D eigenvalue weighted by Gasteiger charge is 2.21. The predicted molar refractivity (Wildman–Crippen MR) is 93.5 cm³/mol. The Hall–Kier alpha value is -1.01. The molecule has 0 unspecified atom stereocenters. The van der Waals surface area contributed by atoms with Gasteiger partial charge in [0.15, 0.2) is 6.61 Å². The topological polar surface area (TPSA) is 36.0 Å². The van der Waals surface area contributed by atoms with Crippen molar-refractivity contribution in [3.63, 3.8) is 0 Å². The molecule has 0 atom stereocenters. The summed E-state index contributed by atoms with van der Waals surface area (Å²) in [4.78, 5) is 18.6. The molecule has 23 heavy (non-hydrogen) atoms. The van der Waals surface area contributed by atoms with Crippen molar-refractivity contribution in [2.24, 2.45) is 0 Å². The van der Waals surface area contributed by atoms with E-state index in [4.69, 9.17) is 27.9 Å². The molecule has 2 rings (SSSR count). The van der Waals surface area contributed by atoms with Crippen LogP contribution in [0.25, 0.3) is 0 Å². The van der Waals surface area contributed by atoms with E-state index in [9.17, 15) is 4.79 Å². The summed E-state index contributed by atoms with van der Waals surface area (Å²) in [6, 6.07) is 4.97. The molecule has 0 spiro atoms. The molecule has 1 saturated heterocycles. The van der Waals surface area contributed by atoms with Gasteiger partial charge >= 0.3 is 0 Å². The van der Waals surface area contributed by atoms with Gasteiger partial charge in [-0.25, -0.2) is 0 Å². The number of amides is 1. The van der Waals surface area contributed by atoms with Crippen LogP contribution in [0.15, 0.2) is 18.2 Å². The van der Waals surface area contributed by atoms with Crippen LogP contribution < -0.4 is 4.74 Å². The quantitative estimate of drug-likeness (QED) is 0.778. The van der Waals surface area contributed by atoms with Crippen molar-refractivity contribution < 1.29 is 9.53 Å². The van der Waals surface area contributed by atoms with E-state index in [-0.39, 0.29) is 12.5 Å². The number of rotatable bonds is 6. The van der Waals surface area contributed by atoms with Crippen LogP contribution in [0.5, 0.6) is 5.75 Å². The normalized spacial score (nSPS) is 16.0. The number of benzene rings is 1. The summed E-state index contributed by atoms with van der Waals surface area (Å²) >= 11 is 11.9. The van der Waals surface area contributed by atoms with Crippen LogP contribution in [-0.2, 0) is 4.79 Å². The predicted octanol–water partition coefficient (Wildman–Crippen LogP) is 2.08. The average molecular weight is 360 g/mol. The lowest BCUT2D eigenvalue weighted by molar-refractivity contribution is -0.135. The Labute approximate surface area is 147 Å². The lowest BCUT2D eigenvalue weighted by Gasteiger charge is -2.35. The van der Waals surface area contributed by atoms with Gasteiger partial charge in [0.25, 0.3) is 5.91 Å². The van der Waals surface area contributed by atoms with Gasteiger partial charge in [-0.3, -0.25) is 9.69 Å². The second-order valence-corrected chi connectivity index (χ2v) is 6.73. The Balaban J connectivity index is 1.74. The van der Waals surface area contributed by atoms with Gasteiger partial charge in [-0.05, 0) is 32.3 Å². The van der Waals surface area contributed by atoms with E-state index in [1.54, 1.807) is 18.2 Å². The van der Waals surface area contributed by atoms with Crippen molar-refractivity contribution >= 4 is 29.1 Å². The van der Waals surface area contributed by atoms with Crippen LogP contribution in [0.4, 0.5) is 0 Å². The zero-order valence-electron chi connectivity index (χ0n) is 13.6. The average Bonchev–Trinajstić information content (AvgIpc) is 2.52. The third kappa shape index (κ3) is 5.84. The van der Waals surface area contributed by atoms with Gasteiger partial charge < -0.3 is 14.5 Å². The number of nitrogens with zero attached hydrogens (tertiary/aromatic N) is 3. The van der Waals surface area contributed by atoms with Crippen molar-refractivity contribution in [1.29, 1.82) is 0 Å². The first-order valence-electron chi connectivity index (χ1n) is 7.68. The molecule has 0 saturated carbocycles. The highest BCUT2D eigenvalue weighted by atomic mass is 35.5. The molecule has 0 N–H and O–H groups in total. The summed E-state index contributed by atoms with van der Waals surface area (Å²) in [6.45, 7) is 5.35. The minimum absolute atomic E-state index is 0.000942. The molecule has 1 amide bonds. The lowest BCUT2D eigenvalue weighted by atomic mass is 10.3. The van der Waals surface area contributed by atoms with E-state index in [1.165, 1.54) is 0 Å². The molecule has 0 radical (unpaired) electrons. The van der Waals surface area contributed by atoms with Crippen molar-refractivity contribution in [1.82, 2.24) is 14.7 Å². The minimum atomic E-state index is -0.0109. The Bertz CT molecular complexity index is 532. The Kier molecular flexibility index (Phi) is 6.96. The van der Waals surface area contributed by atoms with Crippen LogP contribution in [0.1, 0.15) is 0 Å². The molecule has 1 aromatic carbocycles. The fourth-order valence-electron chi connectivity index (χ4n) is 2.39. The van der Waals surface area contributed by atoms with Crippen LogP contribution in [-0.4, -0.2) is 80.6 Å². The van der Waals surface area contributed by atoms with E-state index in [0.29, 0.717) is 15.8 Å². The summed E-state index contributed by atoms with van der Waals surface area (Å²) in [6.07, 6.45) is 0. The van der Waals surface area contributed by atoms with Crippen molar-refractivity contribution in [2.75, 3.05) is 60.0 Å². The first-order valence-corrected chi connectivity index (χ1v) is 8.44. The van der Waals surface area contributed by atoms with E-state index in [1.807, 2.05) is 4.90 Å². The van der Waals surface area contributed by atoms with Crippen molar-refractivity contribution in [3.05, 3.63) is 28.2 Å². The molecular formula is C16H23Cl2N3O2. The van der Waals surface area contributed by atoms with Crippen LogP contribution in [0.2, 0.25) is 10.0 Å². The second-order valence-electron chi connectivity index (χ2n) is 5.89. The molecule has 0 bridgehead atoms.